The smallest absolute Gasteiger partial charge is 0.344 e. The number of aliphatic hydroxyl groups is 2. The van der Waals surface area contributed by atoms with Gasteiger partial charge in [0, 0.05) is 26.1 Å². The normalized spacial score (nSPS) is 29.3. The maximum atomic E-state index is 11.3. The predicted octanol–water partition coefficient (Wildman–Crippen LogP) is 0.789. The fraction of sp³-hybridized carbons (Fsp3) is 0.714. The summed E-state index contributed by atoms with van der Waals surface area (Å²) >= 11 is 1.28. The summed E-state index contributed by atoms with van der Waals surface area (Å²) in [5.74, 6) is -4.48. The minimum absolute atomic E-state index is 0.0921. The number of carboxylic acid groups (broad SMARTS) is 2. The van der Waals surface area contributed by atoms with Gasteiger partial charge in [-0.2, -0.15) is 0 Å². The standard InChI is InChI=1S/C14H22O8S2/c1-7(5-21-3)13(19)14(20,8(2)6-22-4)24-12(23-13)9(10(15)16)11(17)18/h7-8,19-20H,5-6H2,1-4H3,(H,15,16)(H,17,18). The Kier molecular flexibility index (Phi) is 7.15. The summed E-state index contributed by atoms with van der Waals surface area (Å²) in [5.41, 5.74) is -0.881. The molecule has 1 aliphatic rings. The Hall–Kier alpha value is -0.780. The minimum atomic E-state index is -1.85. The van der Waals surface area contributed by atoms with Gasteiger partial charge >= 0.3 is 11.9 Å². The molecule has 0 bridgehead atoms. The highest BCUT2D eigenvalue weighted by Crippen LogP contribution is 2.64. The number of thioether (sulfide) groups is 2. The van der Waals surface area contributed by atoms with Crippen molar-refractivity contribution in [1.29, 1.82) is 0 Å². The number of hydrogen-bond donors (Lipinski definition) is 4. The first-order valence-corrected chi connectivity index (χ1v) is 8.69. The van der Waals surface area contributed by atoms with Crippen LogP contribution < -0.4 is 0 Å². The summed E-state index contributed by atoms with van der Waals surface area (Å²) in [5, 5.41) is 40.6. The first kappa shape index (κ1) is 21.3. The average molecular weight is 382 g/mol. The monoisotopic (exact) mass is 382 g/mol. The lowest BCUT2D eigenvalue weighted by molar-refractivity contribution is -0.140. The molecule has 8 nitrogen and oxygen atoms in total. The first-order chi connectivity index (χ1) is 11.0. The largest absolute Gasteiger partial charge is 0.477 e. The van der Waals surface area contributed by atoms with Crippen molar-refractivity contribution >= 4 is 35.5 Å². The Balaban J connectivity index is 3.46. The molecule has 1 saturated heterocycles. The number of ether oxygens (including phenoxy) is 2. The molecule has 4 atom stereocenters. The zero-order valence-electron chi connectivity index (χ0n) is 13.8. The van der Waals surface area contributed by atoms with E-state index in [9.17, 15) is 19.8 Å². The van der Waals surface area contributed by atoms with Gasteiger partial charge in [-0.15, -0.1) is 0 Å². The Morgan fingerprint density at radius 3 is 1.54 bits per heavy atom. The Morgan fingerprint density at radius 2 is 1.29 bits per heavy atom. The molecule has 1 aliphatic heterocycles. The molecule has 0 amide bonds. The second kappa shape index (κ2) is 8.07. The zero-order chi connectivity index (χ0) is 18.7. The SMILES string of the molecule is COCC(C)C1(O)SC(=C(C(=O)O)C(=O)O)SC1(O)C(C)COC. The number of methoxy groups -OCH3 is 2. The highest BCUT2D eigenvalue weighted by atomic mass is 32.2. The number of hydrogen-bond acceptors (Lipinski definition) is 8. The molecule has 1 fully saturated rings. The first-order valence-electron chi connectivity index (χ1n) is 7.06. The number of carboxylic acids is 2. The van der Waals surface area contributed by atoms with Crippen LogP contribution >= 0.6 is 23.5 Å². The topological polar surface area (TPSA) is 134 Å². The molecule has 4 unspecified atom stereocenters. The van der Waals surface area contributed by atoms with Gasteiger partial charge in [-0.05, 0) is 0 Å². The van der Waals surface area contributed by atoms with Crippen molar-refractivity contribution in [3.63, 3.8) is 0 Å². The van der Waals surface area contributed by atoms with Gasteiger partial charge in [-0.3, -0.25) is 0 Å². The summed E-state index contributed by atoms with van der Waals surface area (Å²) in [6.07, 6.45) is 0. The molecule has 1 heterocycles. The molecule has 138 valence electrons. The van der Waals surface area contributed by atoms with E-state index in [1.165, 1.54) is 14.2 Å². The summed E-state index contributed by atoms with van der Waals surface area (Å²) in [6.45, 7) is 3.45. The third-order valence-electron chi connectivity index (χ3n) is 3.81. The van der Waals surface area contributed by atoms with E-state index in [1.807, 2.05) is 0 Å². The van der Waals surface area contributed by atoms with Crippen molar-refractivity contribution in [2.75, 3.05) is 27.4 Å². The van der Waals surface area contributed by atoms with Gasteiger partial charge in [0.05, 0.1) is 17.5 Å². The molecule has 0 aromatic heterocycles. The van der Waals surface area contributed by atoms with Crippen LogP contribution in [0.1, 0.15) is 13.8 Å². The van der Waals surface area contributed by atoms with E-state index in [-0.39, 0.29) is 17.5 Å². The van der Waals surface area contributed by atoms with Gasteiger partial charge in [0.25, 0.3) is 0 Å². The quantitative estimate of drug-likeness (QED) is 0.271. The van der Waals surface area contributed by atoms with Gasteiger partial charge in [-0.1, -0.05) is 37.4 Å². The fourth-order valence-corrected chi connectivity index (χ4v) is 5.98. The molecular weight excluding hydrogens is 360 g/mol. The third kappa shape index (κ3) is 3.73. The molecule has 0 aromatic rings. The Bertz CT molecular complexity index is 493. The van der Waals surface area contributed by atoms with Crippen LogP contribution in [0.4, 0.5) is 0 Å². The molecule has 0 aliphatic carbocycles. The van der Waals surface area contributed by atoms with Crippen molar-refractivity contribution in [3.8, 4) is 0 Å². The van der Waals surface area contributed by atoms with E-state index >= 15 is 0 Å². The van der Waals surface area contributed by atoms with Gasteiger partial charge in [0.15, 0.2) is 15.4 Å². The van der Waals surface area contributed by atoms with E-state index in [0.29, 0.717) is 23.5 Å². The van der Waals surface area contributed by atoms with Gasteiger partial charge in [0.1, 0.15) is 0 Å². The number of carbonyl (C=O) groups is 2. The highest BCUT2D eigenvalue weighted by Gasteiger charge is 2.63. The Morgan fingerprint density at radius 1 is 0.958 bits per heavy atom. The van der Waals surface area contributed by atoms with Crippen LogP contribution in [-0.2, 0) is 19.1 Å². The molecular formula is C14H22O8S2. The van der Waals surface area contributed by atoms with E-state index in [0.717, 1.165) is 0 Å². The van der Waals surface area contributed by atoms with Crippen molar-refractivity contribution < 1.29 is 39.5 Å². The molecule has 0 saturated carbocycles. The number of aliphatic carboxylic acids is 2. The van der Waals surface area contributed by atoms with Crippen molar-refractivity contribution in [2.45, 2.75) is 23.7 Å². The highest BCUT2D eigenvalue weighted by molar-refractivity contribution is 8.26. The second-order valence-electron chi connectivity index (χ2n) is 5.58. The van der Waals surface area contributed by atoms with Crippen LogP contribution in [0, 0.1) is 11.8 Å². The van der Waals surface area contributed by atoms with Gasteiger partial charge in [0.2, 0.25) is 0 Å². The molecule has 24 heavy (non-hydrogen) atoms. The van der Waals surface area contributed by atoms with Crippen molar-refractivity contribution in [2.24, 2.45) is 11.8 Å². The second-order valence-corrected chi connectivity index (χ2v) is 8.31. The third-order valence-corrected chi connectivity index (χ3v) is 7.27. The molecule has 4 N–H and O–H groups in total. The summed E-state index contributed by atoms with van der Waals surface area (Å²) < 4.78 is 9.90. The lowest BCUT2D eigenvalue weighted by Gasteiger charge is -2.42. The maximum absolute atomic E-state index is 11.3. The maximum Gasteiger partial charge on any atom is 0.344 e. The van der Waals surface area contributed by atoms with E-state index < -0.39 is 39.2 Å². The van der Waals surface area contributed by atoms with Crippen molar-refractivity contribution in [3.05, 3.63) is 9.81 Å². The molecule has 0 radical (unpaired) electrons. The zero-order valence-corrected chi connectivity index (χ0v) is 15.4. The molecule has 1 rings (SSSR count). The fourth-order valence-electron chi connectivity index (χ4n) is 2.45. The van der Waals surface area contributed by atoms with E-state index in [2.05, 4.69) is 0 Å². The van der Waals surface area contributed by atoms with Crippen LogP contribution in [0.3, 0.4) is 0 Å². The average Bonchev–Trinajstić information content (AvgIpc) is 2.72. The van der Waals surface area contributed by atoms with Crippen molar-refractivity contribution in [1.82, 2.24) is 0 Å². The lowest BCUT2D eigenvalue weighted by Crippen LogP contribution is -2.56. The van der Waals surface area contributed by atoms with Gasteiger partial charge in [-0.25, -0.2) is 9.59 Å². The summed E-state index contributed by atoms with van der Waals surface area (Å²) in [6, 6.07) is 0. The van der Waals surface area contributed by atoms with Crippen LogP contribution in [0.5, 0.6) is 0 Å². The lowest BCUT2D eigenvalue weighted by atomic mass is 9.91. The predicted molar refractivity (Wildman–Crippen MR) is 89.5 cm³/mol. The molecule has 10 heteroatoms. The number of rotatable bonds is 8. The minimum Gasteiger partial charge on any atom is -0.477 e. The summed E-state index contributed by atoms with van der Waals surface area (Å²) in [4.78, 5) is 18.8. The van der Waals surface area contributed by atoms with E-state index in [4.69, 9.17) is 19.7 Å². The molecule has 0 aromatic carbocycles. The van der Waals surface area contributed by atoms with Crippen LogP contribution in [0.2, 0.25) is 0 Å². The van der Waals surface area contributed by atoms with E-state index in [1.54, 1.807) is 13.8 Å². The van der Waals surface area contributed by atoms with Crippen LogP contribution in [0.25, 0.3) is 0 Å². The Labute approximate surface area is 148 Å². The van der Waals surface area contributed by atoms with Gasteiger partial charge < -0.3 is 29.9 Å². The van der Waals surface area contributed by atoms with Crippen LogP contribution in [0.15, 0.2) is 9.81 Å². The van der Waals surface area contributed by atoms with Crippen LogP contribution in [-0.4, -0.2) is 69.7 Å². The molecule has 0 spiro atoms. The summed E-state index contributed by atoms with van der Waals surface area (Å²) in [7, 11) is 2.86.